The number of rotatable bonds is 6. The van der Waals surface area contributed by atoms with Crippen LogP contribution in [0.3, 0.4) is 0 Å². The molecule has 0 spiro atoms. The standard InChI is InChI=1S/C14H15ClN2O2/c15-11-5-13(7-16-6-11)19-9-10-3-4-18-14(10)8-17-12-1-2-12/h3-7,12,17H,1-2,8-9H2. The first kappa shape index (κ1) is 12.5. The predicted molar refractivity (Wildman–Crippen MR) is 72.1 cm³/mol. The zero-order valence-electron chi connectivity index (χ0n) is 10.4. The molecule has 0 saturated heterocycles. The van der Waals surface area contributed by atoms with Gasteiger partial charge in [-0.25, -0.2) is 0 Å². The highest BCUT2D eigenvalue weighted by atomic mass is 35.5. The van der Waals surface area contributed by atoms with Gasteiger partial charge in [0.1, 0.15) is 18.1 Å². The third-order valence-corrected chi connectivity index (χ3v) is 3.25. The van der Waals surface area contributed by atoms with Crippen LogP contribution in [0.2, 0.25) is 5.02 Å². The highest BCUT2D eigenvalue weighted by Gasteiger charge is 2.21. The summed E-state index contributed by atoms with van der Waals surface area (Å²) in [5.41, 5.74) is 1.05. The van der Waals surface area contributed by atoms with Crippen molar-refractivity contribution in [1.82, 2.24) is 10.3 Å². The van der Waals surface area contributed by atoms with E-state index in [-0.39, 0.29) is 0 Å². The molecule has 19 heavy (non-hydrogen) atoms. The normalized spacial score (nSPS) is 14.6. The molecule has 1 N–H and O–H groups in total. The Kier molecular flexibility index (Phi) is 3.71. The van der Waals surface area contributed by atoms with Gasteiger partial charge in [-0.1, -0.05) is 11.6 Å². The summed E-state index contributed by atoms with van der Waals surface area (Å²) in [6.07, 6.45) is 7.45. The van der Waals surface area contributed by atoms with E-state index in [0.29, 0.717) is 23.4 Å². The molecule has 0 bridgehead atoms. The molecule has 5 heteroatoms. The first-order valence-electron chi connectivity index (χ1n) is 6.33. The third kappa shape index (κ3) is 3.49. The van der Waals surface area contributed by atoms with Crippen molar-refractivity contribution in [2.24, 2.45) is 0 Å². The van der Waals surface area contributed by atoms with Gasteiger partial charge >= 0.3 is 0 Å². The smallest absolute Gasteiger partial charge is 0.139 e. The summed E-state index contributed by atoms with van der Waals surface area (Å²) < 4.78 is 11.1. The molecule has 2 heterocycles. The van der Waals surface area contributed by atoms with Crippen molar-refractivity contribution in [3.05, 3.63) is 47.1 Å². The summed E-state index contributed by atoms with van der Waals surface area (Å²) in [5, 5.41) is 3.99. The molecule has 4 nitrogen and oxygen atoms in total. The van der Waals surface area contributed by atoms with Crippen molar-refractivity contribution < 1.29 is 9.15 Å². The number of furan rings is 1. The number of nitrogens with one attached hydrogen (secondary N) is 1. The lowest BCUT2D eigenvalue weighted by Crippen LogP contribution is -2.16. The van der Waals surface area contributed by atoms with E-state index >= 15 is 0 Å². The minimum atomic E-state index is 0.459. The highest BCUT2D eigenvalue weighted by molar-refractivity contribution is 6.30. The Labute approximate surface area is 116 Å². The number of aromatic nitrogens is 1. The Balaban J connectivity index is 1.58. The van der Waals surface area contributed by atoms with Gasteiger partial charge in [0, 0.05) is 23.9 Å². The zero-order valence-corrected chi connectivity index (χ0v) is 11.2. The van der Waals surface area contributed by atoms with E-state index in [4.69, 9.17) is 20.8 Å². The first-order valence-corrected chi connectivity index (χ1v) is 6.71. The molecule has 0 amide bonds. The van der Waals surface area contributed by atoms with Gasteiger partial charge in [0.15, 0.2) is 0 Å². The number of nitrogens with zero attached hydrogens (tertiary/aromatic N) is 1. The fourth-order valence-electron chi connectivity index (χ4n) is 1.81. The van der Waals surface area contributed by atoms with Crippen LogP contribution < -0.4 is 10.1 Å². The lowest BCUT2D eigenvalue weighted by Gasteiger charge is -2.07. The maximum Gasteiger partial charge on any atom is 0.139 e. The molecule has 1 fully saturated rings. The molecular formula is C14H15ClN2O2. The van der Waals surface area contributed by atoms with Crippen molar-refractivity contribution in [3.63, 3.8) is 0 Å². The average molecular weight is 279 g/mol. The second kappa shape index (κ2) is 5.63. The number of halogens is 1. The minimum Gasteiger partial charge on any atom is -0.487 e. The van der Waals surface area contributed by atoms with Gasteiger partial charge in [-0.3, -0.25) is 4.98 Å². The van der Waals surface area contributed by atoms with Crippen molar-refractivity contribution in [1.29, 1.82) is 0 Å². The first-order chi connectivity index (χ1) is 9.31. The van der Waals surface area contributed by atoms with Crippen LogP contribution in [0.5, 0.6) is 5.75 Å². The molecule has 0 aromatic carbocycles. The second-order valence-corrected chi connectivity index (χ2v) is 5.09. The molecule has 2 aromatic rings. The molecule has 1 saturated carbocycles. The van der Waals surface area contributed by atoms with Crippen LogP contribution in [0, 0.1) is 0 Å². The third-order valence-electron chi connectivity index (χ3n) is 3.04. The molecule has 2 aromatic heterocycles. The van der Waals surface area contributed by atoms with Crippen LogP contribution in [0.4, 0.5) is 0 Å². The molecular weight excluding hydrogens is 264 g/mol. The van der Waals surface area contributed by atoms with Crippen LogP contribution in [0.15, 0.2) is 35.2 Å². The van der Waals surface area contributed by atoms with Gasteiger partial charge < -0.3 is 14.5 Å². The number of hydrogen-bond acceptors (Lipinski definition) is 4. The summed E-state index contributed by atoms with van der Waals surface area (Å²) in [4.78, 5) is 3.98. The van der Waals surface area contributed by atoms with E-state index in [1.165, 1.54) is 12.8 Å². The SMILES string of the molecule is Clc1cncc(OCc2ccoc2CNC2CC2)c1. The fourth-order valence-corrected chi connectivity index (χ4v) is 1.97. The Morgan fingerprint density at radius 3 is 3.11 bits per heavy atom. The number of pyridine rings is 1. The van der Waals surface area contributed by atoms with Gasteiger partial charge in [0.2, 0.25) is 0 Å². The van der Waals surface area contributed by atoms with Crippen LogP contribution in [-0.2, 0) is 13.2 Å². The summed E-state index contributed by atoms with van der Waals surface area (Å²) in [6, 6.07) is 4.34. The van der Waals surface area contributed by atoms with Crippen molar-refractivity contribution >= 4 is 11.6 Å². The van der Waals surface area contributed by atoms with E-state index in [9.17, 15) is 0 Å². The highest BCUT2D eigenvalue weighted by Crippen LogP contribution is 2.21. The second-order valence-electron chi connectivity index (χ2n) is 4.65. The largest absolute Gasteiger partial charge is 0.487 e. The molecule has 0 unspecified atom stereocenters. The van der Waals surface area contributed by atoms with E-state index in [2.05, 4.69) is 10.3 Å². The molecule has 0 radical (unpaired) electrons. The van der Waals surface area contributed by atoms with Crippen LogP contribution >= 0.6 is 11.6 Å². The summed E-state index contributed by atoms with van der Waals surface area (Å²) in [6.45, 7) is 1.21. The Morgan fingerprint density at radius 1 is 1.42 bits per heavy atom. The quantitative estimate of drug-likeness (QED) is 0.882. The van der Waals surface area contributed by atoms with Gasteiger partial charge in [-0.05, 0) is 18.9 Å². The van der Waals surface area contributed by atoms with Crippen molar-refractivity contribution in [2.45, 2.75) is 32.0 Å². The van der Waals surface area contributed by atoms with E-state index in [1.807, 2.05) is 6.07 Å². The molecule has 0 aliphatic heterocycles. The predicted octanol–water partition coefficient (Wildman–Crippen LogP) is 3.16. The summed E-state index contributed by atoms with van der Waals surface area (Å²) >= 11 is 5.86. The Hall–Kier alpha value is -1.52. The van der Waals surface area contributed by atoms with E-state index < -0.39 is 0 Å². The van der Waals surface area contributed by atoms with Crippen LogP contribution in [-0.4, -0.2) is 11.0 Å². The van der Waals surface area contributed by atoms with E-state index in [1.54, 1.807) is 24.7 Å². The lowest BCUT2D eigenvalue weighted by molar-refractivity contribution is 0.300. The maximum absolute atomic E-state index is 5.86. The monoisotopic (exact) mass is 278 g/mol. The molecule has 3 rings (SSSR count). The molecule has 100 valence electrons. The van der Waals surface area contributed by atoms with Gasteiger partial charge in [0.25, 0.3) is 0 Å². The topological polar surface area (TPSA) is 47.3 Å². The minimum absolute atomic E-state index is 0.459. The summed E-state index contributed by atoms with van der Waals surface area (Å²) in [7, 11) is 0. The van der Waals surface area contributed by atoms with Crippen molar-refractivity contribution in [3.8, 4) is 5.75 Å². The average Bonchev–Trinajstić information content (AvgIpc) is 3.13. The zero-order chi connectivity index (χ0) is 13.1. The maximum atomic E-state index is 5.86. The van der Waals surface area contributed by atoms with Gasteiger partial charge in [-0.2, -0.15) is 0 Å². The molecule has 0 atom stereocenters. The number of hydrogen-bond donors (Lipinski definition) is 1. The van der Waals surface area contributed by atoms with Crippen LogP contribution in [0.1, 0.15) is 24.2 Å². The van der Waals surface area contributed by atoms with E-state index in [0.717, 1.165) is 17.9 Å². The number of ether oxygens (including phenoxy) is 1. The van der Waals surface area contributed by atoms with Crippen molar-refractivity contribution in [2.75, 3.05) is 0 Å². The Bertz CT molecular complexity index is 552. The van der Waals surface area contributed by atoms with Gasteiger partial charge in [0.05, 0.1) is 24.0 Å². The molecule has 1 aliphatic carbocycles. The summed E-state index contributed by atoms with van der Waals surface area (Å²) in [5.74, 6) is 1.59. The van der Waals surface area contributed by atoms with Crippen LogP contribution in [0.25, 0.3) is 0 Å². The Morgan fingerprint density at radius 2 is 2.32 bits per heavy atom. The fraction of sp³-hybridized carbons (Fsp3) is 0.357. The molecule has 1 aliphatic rings. The lowest BCUT2D eigenvalue weighted by atomic mass is 10.2. The van der Waals surface area contributed by atoms with Gasteiger partial charge in [-0.15, -0.1) is 0 Å².